The molecule has 0 spiro atoms. The van der Waals surface area contributed by atoms with Crippen LogP contribution in [0.4, 0.5) is 27.8 Å². The molecule has 0 radical (unpaired) electrons. The summed E-state index contributed by atoms with van der Waals surface area (Å²) in [5.74, 6) is -3.08. The van der Waals surface area contributed by atoms with Crippen LogP contribution >= 0.6 is 0 Å². The normalized spacial score (nSPS) is 13.8. The highest BCUT2D eigenvalue weighted by Crippen LogP contribution is 2.35. The van der Waals surface area contributed by atoms with E-state index in [9.17, 15) is 31.9 Å². The summed E-state index contributed by atoms with van der Waals surface area (Å²) < 4.78 is 67.8. The Bertz CT molecular complexity index is 1180. The zero-order chi connectivity index (χ0) is 22.3. The zero-order valence-corrected chi connectivity index (χ0v) is 15.5. The molecule has 0 unspecified atom stereocenters. The number of carbonyl (C=O) groups is 1. The molecule has 1 atom stereocenters. The van der Waals surface area contributed by atoms with Crippen LogP contribution in [0, 0.1) is 18.2 Å². The fourth-order valence-corrected chi connectivity index (χ4v) is 3.05. The molecular weight excluding hydrogens is 409 g/mol. The first kappa shape index (κ1) is 21.4. The standard InChI is InChI=1S/C20H14F5N3O2/c1-19(30,10-28-9-15(22)13-7-12(21)3-4-16(13)28)17(29)6-11-5-14(20(23,24)25)18(26-2)27-8-11/h3-5,7-9,30H,6,10H2,1H3/t19-/m0/s1. The van der Waals surface area contributed by atoms with Gasteiger partial charge in [-0.25, -0.2) is 8.78 Å². The molecule has 0 fully saturated rings. The lowest BCUT2D eigenvalue weighted by molar-refractivity contribution is -0.138. The van der Waals surface area contributed by atoms with Crippen molar-refractivity contribution in [1.82, 2.24) is 9.55 Å². The van der Waals surface area contributed by atoms with Crippen LogP contribution in [0.5, 0.6) is 0 Å². The smallest absolute Gasteiger partial charge is 0.380 e. The predicted molar refractivity (Wildman–Crippen MR) is 96.7 cm³/mol. The van der Waals surface area contributed by atoms with Crippen LogP contribution in [-0.4, -0.2) is 26.0 Å². The average molecular weight is 423 g/mol. The van der Waals surface area contributed by atoms with Crippen molar-refractivity contribution in [1.29, 1.82) is 0 Å². The van der Waals surface area contributed by atoms with Crippen LogP contribution in [0.25, 0.3) is 15.7 Å². The molecule has 0 amide bonds. The van der Waals surface area contributed by atoms with Gasteiger partial charge in [0.2, 0.25) is 0 Å². The maximum atomic E-state index is 14.0. The molecular formula is C20H14F5N3O2. The second-order valence-electron chi connectivity index (χ2n) is 6.96. The van der Waals surface area contributed by atoms with E-state index in [1.807, 2.05) is 0 Å². The van der Waals surface area contributed by atoms with Crippen molar-refractivity contribution >= 4 is 22.5 Å². The topological polar surface area (TPSA) is 59.5 Å². The molecule has 2 heterocycles. The number of carbonyl (C=O) groups excluding carboxylic acids is 1. The quantitative estimate of drug-likeness (QED) is 0.488. The summed E-state index contributed by atoms with van der Waals surface area (Å²) >= 11 is 0. The number of ketones is 1. The van der Waals surface area contributed by atoms with Gasteiger partial charge in [0.1, 0.15) is 23.4 Å². The number of aromatic nitrogens is 2. The van der Waals surface area contributed by atoms with Gasteiger partial charge in [-0.15, -0.1) is 4.98 Å². The number of hydrogen-bond acceptors (Lipinski definition) is 3. The number of benzene rings is 1. The molecule has 3 rings (SSSR count). The fraction of sp³-hybridized carbons (Fsp3) is 0.250. The molecule has 0 saturated carbocycles. The van der Waals surface area contributed by atoms with Gasteiger partial charge in [-0.05, 0) is 25.1 Å². The molecule has 10 heteroatoms. The first-order valence-electron chi connectivity index (χ1n) is 8.55. The van der Waals surface area contributed by atoms with E-state index in [1.165, 1.54) is 10.6 Å². The van der Waals surface area contributed by atoms with Gasteiger partial charge in [-0.1, -0.05) is 12.6 Å². The number of aliphatic hydroxyl groups is 1. The van der Waals surface area contributed by atoms with Gasteiger partial charge in [0.25, 0.3) is 5.82 Å². The van der Waals surface area contributed by atoms with E-state index in [-0.39, 0.29) is 16.5 Å². The van der Waals surface area contributed by atoms with Crippen LogP contribution in [0.1, 0.15) is 18.1 Å². The molecule has 0 aliphatic heterocycles. The Morgan fingerprint density at radius 1 is 1.27 bits per heavy atom. The number of rotatable bonds is 5. The Balaban J connectivity index is 1.86. The summed E-state index contributed by atoms with van der Waals surface area (Å²) in [5, 5.41) is 10.6. The van der Waals surface area contributed by atoms with Crippen molar-refractivity contribution in [3.05, 3.63) is 70.8 Å². The van der Waals surface area contributed by atoms with Crippen LogP contribution in [0.2, 0.25) is 0 Å². The third-order valence-electron chi connectivity index (χ3n) is 4.57. The molecule has 0 aliphatic carbocycles. The molecule has 0 aliphatic rings. The minimum atomic E-state index is -4.83. The number of alkyl halides is 3. The maximum absolute atomic E-state index is 14.0. The minimum absolute atomic E-state index is 0.0352. The molecule has 5 nitrogen and oxygen atoms in total. The van der Waals surface area contributed by atoms with Crippen LogP contribution < -0.4 is 0 Å². The molecule has 30 heavy (non-hydrogen) atoms. The maximum Gasteiger partial charge on any atom is 0.409 e. The van der Waals surface area contributed by atoms with E-state index >= 15 is 0 Å². The van der Waals surface area contributed by atoms with Crippen molar-refractivity contribution in [3.63, 3.8) is 0 Å². The summed E-state index contributed by atoms with van der Waals surface area (Å²) in [6.07, 6.45) is -3.45. The van der Waals surface area contributed by atoms with E-state index < -0.39 is 53.5 Å². The number of nitrogens with zero attached hydrogens (tertiary/aromatic N) is 3. The predicted octanol–water partition coefficient (Wildman–Crippen LogP) is 4.45. The van der Waals surface area contributed by atoms with Gasteiger partial charge in [0.15, 0.2) is 5.78 Å². The highest BCUT2D eigenvalue weighted by Gasteiger charge is 2.36. The minimum Gasteiger partial charge on any atom is -0.380 e. The van der Waals surface area contributed by atoms with Crippen molar-refractivity contribution in [2.75, 3.05) is 0 Å². The first-order valence-corrected chi connectivity index (χ1v) is 8.55. The highest BCUT2D eigenvalue weighted by molar-refractivity contribution is 5.89. The van der Waals surface area contributed by atoms with E-state index in [4.69, 9.17) is 6.57 Å². The Kier molecular flexibility index (Phi) is 5.34. The number of halogens is 5. The van der Waals surface area contributed by atoms with Gasteiger partial charge < -0.3 is 14.5 Å². The molecule has 0 saturated heterocycles. The third-order valence-corrected chi connectivity index (χ3v) is 4.57. The van der Waals surface area contributed by atoms with Gasteiger partial charge in [0.05, 0.1) is 17.6 Å². The molecule has 1 N–H and O–H groups in total. The number of pyridine rings is 1. The number of hydrogen-bond donors (Lipinski definition) is 1. The van der Waals surface area contributed by atoms with Crippen molar-refractivity contribution in [2.45, 2.75) is 31.7 Å². The lowest BCUT2D eigenvalue weighted by atomic mass is 9.95. The monoisotopic (exact) mass is 423 g/mol. The zero-order valence-electron chi connectivity index (χ0n) is 15.5. The van der Waals surface area contributed by atoms with E-state index in [0.29, 0.717) is 6.07 Å². The Hall–Kier alpha value is -3.32. The summed E-state index contributed by atoms with van der Waals surface area (Å²) in [6, 6.07) is 4.00. The largest absolute Gasteiger partial charge is 0.409 e. The highest BCUT2D eigenvalue weighted by atomic mass is 19.4. The molecule has 156 valence electrons. The number of Topliss-reactive ketones (excluding diaryl/α,β-unsaturated/α-hetero) is 1. The van der Waals surface area contributed by atoms with Gasteiger partial charge in [-0.3, -0.25) is 4.79 Å². The Morgan fingerprint density at radius 2 is 1.97 bits per heavy atom. The summed E-state index contributed by atoms with van der Waals surface area (Å²) in [5.41, 5.74) is -3.23. The third kappa shape index (κ3) is 4.16. The van der Waals surface area contributed by atoms with E-state index in [2.05, 4.69) is 9.83 Å². The second kappa shape index (κ2) is 7.50. The molecule has 1 aromatic carbocycles. The average Bonchev–Trinajstić information content (AvgIpc) is 2.95. The Morgan fingerprint density at radius 3 is 2.60 bits per heavy atom. The van der Waals surface area contributed by atoms with E-state index in [0.717, 1.165) is 31.5 Å². The van der Waals surface area contributed by atoms with Crippen LogP contribution in [0.15, 0.2) is 36.7 Å². The SMILES string of the molecule is [C-]#[N+]c1ncc(CC(=O)[C@@](C)(O)Cn2cc(F)c3cc(F)ccc32)cc1C(F)(F)F. The lowest BCUT2D eigenvalue weighted by Crippen LogP contribution is -2.40. The summed E-state index contributed by atoms with van der Waals surface area (Å²) in [4.78, 5) is 18.7. The van der Waals surface area contributed by atoms with Gasteiger partial charge in [-0.2, -0.15) is 13.2 Å². The van der Waals surface area contributed by atoms with Crippen LogP contribution in [0.3, 0.4) is 0 Å². The van der Waals surface area contributed by atoms with Gasteiger partial charge in [0, 0.05) is 23.6 Å². The summed E-state index contributed by atoms with van der Waals surface area (Å²) in [7, 11) is 0. The number of fused-ring (bicyclic) bond motifs is 1. The second-order valence-corrected chi connectivity index (χ2v) is 6.96. The first-order chi connectivity index (χ1) is 13.9. The van der Waals surface area contributed by atoms with E-state index in [1.54, 1.807) is 0 Å². The van der Waals surface area contributed by atoms with Crippen molar-refractivity contribution in [3.8, 4) is 0 Å². The fourth-order valence-electron chi connectivity index (χ4n) is 3.05. The van der Waals surface area contributed by atoms with Crippen LogP contribution in [-0.2, 0) is 23.9 Å². The van der Waals surface area contributed by atoms with Crippen molar-refractivity contribution < 1.29 is 31.9 Å². The molecule has 2 aromatic heterocycles. The summed E-state index contributed by atoms with van der Waals surface area (Å²) in [6.45, 7) is 7.52. The molecule has 3 aromatic rings. The van der Waals surface area contributed by atoms with Crippen molar-refractivity contribution in [2.24, 2.45) is 0 Å². The lowest BCUT2D eigenvalue weighted by Gasteiger charge is -2.23. The Labute approximate surface area is 167 Å². The van der Waals surface area contributed by atoms with Gasteiger partial charge >= 0.3 is 6.18 Å². The molecule has 0 bridgehead atoms.